The Kier molecular flexibility index (Phi) is 6.06. The Balaban J connectivity index is 2.75. The molecule has 0 aliphatic carbocycles. The van der Waals surface area contributed by atoms with Crippen LogP contribution in [-0.2, 0) is 0 Å². The molecule has 0 heterocycles. The van der Waals surface area contributed by atoms with Crippen molar-refractivity contribution in [3.63, 3.8) is 0 Å². The fourth-order valence-corrected chi connectivity index (χ4v) is 0.812. The summed E-state index contributed by atoms with van der Waals surface area (Å²) in [5.74, 6) is 0.864. The van der Waals surface area contributed by atoms with Crippen LogP contribution in [0.1, 0.15) is 33.6 Å². The molecular weight excluding hydrogens is 110 g/mol. The summed E-state index contributed by atoms with van der Waals surface area (Å²) in [7, 11) is 0. The third-order valence-corrected chi connectivity index (χ3v) is 1.39. The van der Waals surface area contributed by atoms with E-state index in [0.717, 1.165) is 12.5 Å². The molecule has 9 heavy (non-hydrogen) atoms. The first kappa shape index (κ1) is 8.96. The van der Waals surface area contributed by atoms with Crippen molar-refractivity contribution < 1.29 is 0 Å². The maximum atomic E-state index is 3.30. The van der Waals surface area contributed by atoms with E-state index in [0.29, 0.717) is 0 Å². The molecule has 0 unspecified atom stereocenters. The van der Waals surface area contributed by atoms with Gasteiger partial charge >= 0.3 is 0 Å². The van der Waals surface area contributed by atoms with Crippen molar-refractivity contribution in [3.05, 3.63) is 0 Å². The first-order chi connectivity index (χ1) is 4.27. The second kappa shape index (κ2) is 6.09. The van der Waals surface area contributed by atoms with E-state index in [1.54, 1.807) is 0 Å². The van der Waals surface area contributed by atoms with Crippen molar-refractivity contribution in [2.45, 2.75) is 33.6 Å². The van der Waals surface area contributed by atoms with Crippen LogP contribution in [0.3, 0.4) is 0 Å². The quantitative estimate of drug-likeness (QED) is 0.560. The van der Waals surface area contributed by atoms with E-state index in [1.165, 1.54) is 19.4 Å². The van der Waals surface area contributed by atoms with Gasteiger partial charge in [-0.25, -0.2) is 0 Å². The van der Waals surface area contributed by atoms with Crippen molar-refractivity contribution in [3.8, 4) is 0 Å². The van der Waals surface area contributed by atoms with Crippen LogP contribution < -0.4 is 5.32 Å². The average Bonchev–Trinajstić information content (AvgIpc) is 1.80. The van der Waals surface area contributed by atoms with Crippen LogP contribution in [0.25, 0.3) is 0 Å². The Labute approximate surface area is 58.8 Å². The molecule has 0 radical (unpaired) electrons. The fraction of sp³-hybridized carbons (Fsp3) is 1.00. The normalized spacial score (nSPS) is 10.7. The Morgan fingerprint density at radius 1 is 1.33 bits per heavy atom. The first-order valence-corrected chi connectivity index (χ1v) is 3.98. The number of hydrogen-bond donors (Lipinski definition) is 1. The molecule has 0 aromatic rings. The van der Waals surface area contributed by atoms with Gasteiger partial charge in [-0.2, -0.15) is 0 Å². The minimum absolute atomic E-state index is 0.864. The van der Waals surface area contributed by atoms with Gasteiger partial charge in [0.05, 0.1) is 0 Å². The molecule has 1 N–H and O–H groups in total. The van der Waals surface area contributed by atoms with Gasteiger partial charge in [0, 0.05) is 0 Å². The molecule has 0 aromatic heterocycles. The molecule has 0 spiro atoms. The fourth-order valence-electron chi connectivity index (χ4n) is 0.812. The monoisotopic (exact) mass is 129 g/mol. The lowest BCUT2D eigenvalue weighted by Crippen LogP contribution is -2.14. The van der Waals surface area contributed by atoms with Crippen LogP contribution in [-0.4, -0.2) is 13.1 Å². The van der Waals surface area contributed by atoms with Gasteiger partial charge in [-0.1, -0.05) is 20.8 Å². The van der Waals surface area contributed by atoms with E-state index >= 15 is 0 Å². The van der Waals surface area contributed by atoms with Crippen LogP contribution in [0.5, 0.6) is 0 Å². The first-order valence-electron chi connectivity index (χ1n) is 3.98. The molecule has 0 bridgehead atoms. The Hall–Kier alpha value is -0.0400. The largest absolute Gasteiger partial charge is 0.317 e. The Morgan fingerprint density at radius 2 is 2.00 bits per heavy atom. The average molecular weight is 129 g/mol. The van der Waals surface area contributed by atoms with E-state index in [2.05, 4.69) is 26.1 Å². The van der Waals surface area contributed by atoms with E-state index in [9.17, 15) is 0 Å². The van der Waals surface area contributed by atoms with Gasteiger partial charge in [-0.15, -0.1) is 0 Å². The molecule has 0 aliphatic heterocycles. The molecule has 0 fully saturated rings. The van der Waals surface area contributed by atoms with E-state index in [4.69, 9.17) is 0 Å². The molecule has 56 valence electrons. The van der Waals surface area contributed by atoms with E-state index in [1.807, 2.05) is 0 Å². The summed E-state index contributed by atoms with van der Waals surface area (Å²) in [4.78, 5) is 0. The van der Waals surface area contributed by atoms with Crippen molar-refractivity contribution in [2.24, 2.45) is 5.92 Å². The molecule has 0 rings (SSSR count). The summed E-state index contributed by atoms with van der Waals surface area (Å²) in [5, 5.41) is 3.30. The van der Waals surface area contributed by atoms with Crippen LogP contribution in [0.2, 0.25) is 0 Å². The third-order valence-electron chi connectivity index (χ3n) is 1.39. The zero-order valence-corrected chi connectivity index (χ0v) is 6.91. The lowest BCUT2D eigenvalue weighted by atomic mass is 10.1. The highest BCUT2D eigenvalue weighted by molar-refractivity contribution is 4.48. The summed E-state index contributed by atoms with van der Waals surface area (Å²) in [5.41, 5.74) is 0. The van der Waals surface area contributed by atoms with Crippen molar-refractivity contribution in [1.82, 2.24) is 5.32 Å². The van der Waals surface area contributed by atoms with Crippen LogP contribution in [0.15, 0.2) is 0 Å². The van der Waals surface area contributed by atoms with Crippen molar-refractivity contribution in [1.29, 1.82) is 0 Å². The van der Waals surface area contributed by atoms with Gasteiger partial charge in [-0.05, 0) is 31.8 Å². The Bertz CT molecular complexity index is 50.5. The van der Waals surface area contributed by atoms with Gasteiger partial charge in [0.25, 0.3) is 0 Å². The van der Waals surface area contributed by atoms with Gasteiger partial charge in [0.2, 0.25) is 0 Å². The van der Waals surface area contributed by atoms with Crippen LogP contribution in [0.4, 0.5) is 0 Å². The predicted octanol–water partition coefficient (Wildman–Crippen LogP) is 2.03. The van der Waals surface area contributed by atoms with Gasteiger partial charge in [0.15, 0.2) is 0 Å². The van der Waals surface area contributed by atoms with E-state index in [-0.39, 0.29) is 0 Å². The second-order valence-corrected chi connectivity index (χ2v) is 2.89. The summed E-state index contributed by atoms with van der Waals surface area (Å²) < 4.78 is 0. The zero-order valence-electron chi connectivity index (χ0n) is 6.91. The Morgan fingerprint density at radius 3 is 2.44 bits per heavy atom. The summed E-state index contributed by atoms with van der Waals surface area (Å²) in [6.45, 7) is 8.99. The molecule has 1 nitrogen and oxygen atoms in total. The molecule has 0 aromatic carbocycles. The molecule has 0 saturated heterocycles. The van der Waals surface area contributed by atoms with Crippen molar-refractivity contribution in [2.75, 3.05) is 13.1 Å². The van der Waals surface area contributed by atoms with Crippen LogP contribution in [0, 0.1) is 5.92 Å². The SMILES string of the molecule is CCNCCCC(C)C. The maximum Gasteiger partial charge on any atom is -0.00489 e. The predicted molar refractivity (Wildman–Crippen MR) is 42.6 cm³/mol. The van der Waals surface area contributed by atoms with Crippen molar-refractivity contribution >= 4 is 0 Å². The van der Waals surface area contributed by atoms with Gasteiger partial charge < -0.3 is 5.32 Å². The highest BCUT2D eigenvalue weighted by atomic mass is 14.8. The highest BCUT2D eigenvalue weighted by Gasteiger charge is 1.91. The standard InChI is InChI=1S/C8H19N/c1-4-9-7-5-6-8(2)3/h8-9H,4-7H2,1-3H3. The summed E-state index contributed by atoms with van der Waals surface area (Å²) >= 11 is 0. The second-order valence-electron chi connectivity index (χ2n) is 2.89. The smallest absolute Gasteiger partial charge is 0.00489 e. The minimum Gasteiger partial charge on any atom is -0.317 e. The third kappa shape index (κ3) is 7.96. The minimum atomic E-state index is 0.864. The lowest BCUT2D eigenvalue weighted by Gasteiger charge is -2.03. The van der Waals surface area contributed by atoms with Gasteiger partial charge in [0.1, 0.15) is 0 Å². The number of rotatable bonds is 5. The summed E-state index contributed by atoms with van der Waals surface area (Å²) in [6, 6.07) is 0. The molecule has 1 heteroatoms. The summed E-state index contributed by atoms with van der Waals surface area (Å²) in [6.07, 6.45) is 2.68. The maximum absolute atomic E-state index is 3.30. The number of nitrogens with one attached hydrogen (secondary N) is 1. The lowest BCUT2D eigenvalue weighted by molar-refractivity contribution is 0.533. The zero-order chi connectivity index (χ0) is 7.11. The van der Waals surface area contributed by atoms with Crippen LogP contribution >= 0.6 is 0 Å². The highest BCUT2D eigenvalue weighted by Crippen LogP contribution is 2.01. The number of hydrogen-bond acceptors (Lipinski definition) is 1. The molecule has 0 aliphatic rings. The topological polar surface area (TPSA) is 12.0 Å². The molecule has 0 amide bonds. The molecular formula is C8H19N. The van der Waals surface area contributed by atoms with E-state index < -0.39 is 0 Å². The molecule has 0 saturated carbocycles. The van der Waals surface area contributed by atoms with Gasteiger partial charge in [-0.3, -0.25) is 0 Å². The molecule has 0 atom stereocenters.